The van der Waals surface area contributed by atoms with Crippen molar-refractivity contribution >= 4 is 21.5 Å². The molecule has 1 aromatic carbocycles. The molecule has 2 aliphatic heterocycles. The highest BCUT2D eigenvalue weighted by Gasteiger charge is 2.29. The molecule has 0 spiro atoms. The fraction of sp³-hybridized carbons (Fsp3) is 0.409. The van der Waals surface area contributed by atoms with Crippen LogP contribution >= 0.6 is 0 Å². The second-order valence-electron chi connectivity index (χ2n) is 8.04. The molecule has 0 aliphatic carbocycles. The highest BCUT2D eigenvalue weighted by atomic mass is 32.2. The Kier molecular flexibility index (Phi) is 6.00. The summed E-state index contributed by atoms with van der Waals surface area (Å²) < 4.78 is 38.5. The lowest BCUT2D eigenvalue weighted by atomic mass is 10.2. The summed E-state index contributed by atoms with van der Waals surface area (Å²) in [6, 6.07) is 8.78. The predicted molar refractivity (Wildman–Crippen MR) is 123 cm³/mol. The number of hydrogen-bond acceptors (Lipinski definition) is 9. The molecular weight excluding hydrogens is 444 g/mol. The van der Waals surface area contributed by atoms with E-state index in [1.165, 1.54) is 4.31 Å². The Hall–Kier alpha value is -3.02. The van der Waals surface area contributed by atoms with Crippen molar-refractivity contribution < 1.29 is 17.6 Å². The van der Waals surface area contributed by atoms with Crippen LogP contribution in [-0.4, -0.2) is 80.4 Å². The molecule has 2 aromatic heterocycles. The minimum absolute atomic E-state index is 0.272. The molecule has 0 amide bonds. The summed E-state index contributed by atoms with van der Waals surface area (Å²) in [4.78, 5) is 8.87. The fourth-order valence-electron chi connectivity index (χ4n) is 4.09. The predicted octanol–water partition coefficient (Wildman–Crippen LogP) is 1.79. The van der Waals surface area contributed by atoms with Crippen molar-refractivity contribution in [2.24, 2.45) is 0 Å². The number of hydrogen-bond donors (Lipinski definition) is 0. The van der Waals surface area contributed by atoms with E-state index in [1.54, 1.807) is 43.6 Å². The van der Waals surface area contributed by atoms with Gasteiger partial charge in [0.05, 0.1) is 30.0 Å². The lowest BCUT2D eigenvalue weighted by Crippen LogP contribution is -2.49. The Balaban J connectivity index is 1.25. The summed E-state index contributed by atoms with van der Waals surface area (Å²) in [6.45, 7) is 6.70. The minimum Gasteiger partial charge on any atom is -0.449 e. The summed E-state index contributed by atoms with van der Waals surface area (Å²) in [7, 11) is -3.58. The normalized spacial score (nSPS) is 18.0. The van der Waals surface area contributed by atoms with Crippen molar-refractivity contribution in [3.63, 3.8) is 0 Å². The maximum atomic E-state index is 13.2. The molecule has 0 unspecified atom stereocenters. The highest BCUT2D eigenvalue weighted by Crippen LogP contribution is 2.25. The smallest absolute Gasteiger partial charge is 0.243 e. The van der Waals surface area contributed by atoms with E-state index < -0.39 is 10.0 Å². The summed E-state index contributed by atoms with van der Waals surface area (Å²) in [5.41, 5.74) is 2.51. The van der Waals surface area contributed by atoms with Crippen molar-refractivity contribution in [3.8, 4) is 11.3 Å². The number of morpholine rings is 1. The topological polar surface area (TPSA) is 105 Å². The molecule has 2 saturated heterocycles. The van der Waals surface area contributed by atoms with E-state index in [0.717, 1.165) is 30.2 Å². The van der Waals surface area contributed by atoms with Crippen LogP contribution in [-0.2, 0) is 14.8 Å². The van der Waals surface area contributed by atoms with Crippen LogP contribution in [0.4, 0.5) is 11.5 Å². The van der Waals surface area contributed by atoms with Crippen molar-refractivity contribution in [2.45, 2.75) is 11.8 Å². The molecule has 0 radical (unpaired) electrons. The largest absolute Gasteiger partial charge is 0.449 e. The van der Waals surface area contributed by atoms with Crippen LogP contribution in [0.5, 0.6) is 0 Å². The monoisotopic (exact) mass is 470 g/mol. The number of benzene rings is 1. The Morgan fingerprint density at radius 2 is 1.67 bits per heavy atom. The molecule has 174 valence electrons. The van der Waals surface area contributed by atoms with Gasteiger partial charge in [-0.3, -0.25) is 0 Å². The fourth-order valence-corrected chi connectivity index (χ4v) is 5.52. The van der Waals surface area contributed by atoms with E-state index in [-0.39, 0.29) is 4.90 Å². The molecule has 10 nitrogen and oxygen atoms in total. The van der Waals surface area contributed by atoms with Crippen molar-refractivity contribution in [1.29, 1.82) is 0 Å². The molecule has 0 saturated carbocycles. The third-order valence-corrected chi connectivity index (χ3v) is 7.89. The molecule has 3 aromatic rings. The molecule has 0 atom stereocenters. The Labute approximate surface area is 192 Å². The zero-order valence-electron chi connectivity index (χ0n) is 18.4. The van der Waals surface area contributed by atoms with Gasteiger partial charge < -0.3 is 19.0 Å². The van der Waals surface area contributed by atoms with Crippen molar-refractivity contribution in [2.75, 3.05) is 62.3 Å². The number of ether oxygens (including phenoxy) is 1. The maximum absolute atomic E-state index is 13.2. The van der Waals surface area contributed by atoms with E-state index in [9.17, 15) is 8.42 Å². The van der Waals surface area contributed by atoms with Gasteiger partial charge in [-0.1, -0.05) is 12.1 Å². The molecule has 5 rings (SSSR count). The summed E-state index contributed by atoms with van der Waals surface area (Å²) in [5.74, 6) is 1.34. The molecule has 2 aliphatic rings. The molecule has 2 fully saturated rings. The van der Waals surface area contributed by atoms with Crippen LogP contribution in [0.15, 0.2) is 52.1 Å². The van der Waals surface area contributed by atoms with E-state index in [2.05, 4.69) is 25.0 Å². The van der Waals surface area contributed by atoms with Gasteiger partial charge in [0.15, 0.2) is 11.7 Å². The van der Waals surface area contributed by atoms with Gasteiger partial charge in [0.25, 0.3) is 0 Å². The van der Waals surface area contributed by atoms with Crippen LogP contribution in [0.1, 0.15) is 5.89 Å². The van der Waals surface area contributed by atoms with Gasteiger partial charge in [-0.25, -0.2) is 13.4 Å². The van der Waals surface area contributed by atoms with E-state index >= 15 is 0 Å². The summed E-state index contributed by atoms with van der Waals surface area (Å²) in [5, 5.41) is 8.45. The van der Waals surface area contributed by atoms with E-state index in [0.29, 0.717) is 51.0 Å². The number of anilines is 2. The SMILES string of the molecule is Cc1nc(-c2ccc(S(=O)(=O)N3CCN(c4cc(N5CCOCC5)cnn4)CC3)cc2)co1. The van der Waals surface area contributed by atoms with Crippen LogP contribution in [0.3, 0.4) is 0 Å². The molecule has 4 heterocycles. The highest BCUT2D eigenvalue weighted by molar-refractivity contribution is 7.89. The van der Waals surface area contributed by atoms with Crippen molar-refractivity contribution in [3.05, 3.63) is 48.7 Å². The van der Waals surface area contributed by atoms with Gasteiger partial charge in [-0.05, 0) is 12.1 Å². The minimum atomic E-state index is -3.58. The molecule has 0 bridgehead atoms. The summed E-state index contributed by atoms with van der Waals surface area (Å²) >= 11 is 0. The zero-order valence-corrected chi connectivity index (χ0v) is 19.2. The molecule has 33 heavy (non-hydrogen) atoms. The first-order valence-electron chi connectivity index (χ1n) is 10.9. The maximum Gasteiger partial charge on any atom is 0.243 e. The first-order chi connectivity index (χ1) is 16.0. The molecule has 11 heteroatoms. The lowest BCUT2D eigenvalue weighted by molar-refractivity contribution is 0.122. The average Bonchev–Trinajstić information content (AvgIpc) is 3.31. The van der Waals surface area contributed by atoms with Crippen LogP contribution < -0.4 is 9.80 Å². The van der Waals surface area contributed by atoms with Crippen LogP contribution in [0, 0.1) is 6.92 Å². The second kappa shape index (κ2) is 9.08. The first-order valence-corrected chi connectivity index (χ1v) is 12.4. The number of piperazine rings is 1. The number of aryl methyl sites for hydroxylation is 1. The van der Waals surface area contributed by atoms with Gasteiger partial charge in [0.2, 0.25) is 10.0 Å². The number of oxazole rings is 1. The Morgan fingerprint density at radius 1 is 0.939 bits per heavy atom. The Bertz CT molecular complexity index is 1200. The standard InChI is InChI=1S/C22H26N6O4S/c1-17-24-21(16-32-17)18-2-4-20(5-3-18)33(29,30)28-8-6-27(7-9-28)22-14-19(15-23-25-22)26-10-12-31-13-11-26/h2-5,14-16H,6-13H2,1H3. The van der Waals surface area contributed by atoms with E-state index in [4.69, 9.17) is 9.15 Å². The summed E-state index contributed by atoms with van der Waals surface area (Å²) in [6.07, 6.45) is 3.33. The number of sulfonamides is 1. The van der Waals surface area contributed by atoms with Crippen molar-refractivity contribution in [1.82, 2.24) is 19.5 Å². The third-order valence-electron chi connectivity index (χ3n) is 5.97. The van der Waals surface area contributed by atoms with E-state index in [1.807, 2.05) is 6.07 Å². The van der Waals surface area contributed by atoms with Gasteiger partial charge in [-0.2, -0.15) is 9.40 Å². The lowest BCUT2D eigenvalue weighted by Gasteiger charge is -2.35. The molecular formula is C22H26N6O4S. The second-order valence-corrected chi connectivity index (χ2v) is 9.98. The Morgan fingerprint density at radius 3 is 2.33 bits per heavy atom. The molecule has 0 N–H and O–H groups in total. The van der Waals surface area contributed by atoms with Gasteiger partial charge >= 0.3 is 0 Å². The quantitative estimate of drug-likeness (QED) is 0.552. The average molecular weight is 471 g/mol. The van der Waals surface area contributed by atoms with Crippen LogP contribution in [0.25, 0.3) is 11.3 Å². The van der Waals surface area contributed by atoms with Gasteiger partial charge in [0.1, 0.15) is 12.0 Å². The van der Waals surface area contributed by atoms with Gasteiger partial charge in [-0.15, -0.1) is 5.10 Å². The zero-order chi connectivity index (χ0) is 22.8. The van der Waals surface area contributed by atoms with Gasteiger partial charge in [0, 0.05) is 57.8 Å². The number of aromatic nitrogens is 3. The number of nitrogens with zero attached hydrogens (tertiary/aromatic N) is 6. The van der Waals surface area contributed by atoms with Crippen LogP contribution in [0.2, 0.25) is 0 Å². The third kappa shape index (κ3) is 4.56. The first kappa shape index (κ1) is 21.8. The number of rotatable bonds is 5.